The van der Waals surface area contributed by atoms with Crippen molar-refractivity contribution >= 4 is 17.2 Å². The zero-order valence-electron chi connectivity index (χ0n) is 24.6. The van der Waals surface area contributed by atoms with Crippen LogP contribution in [-0.4, -0.2) is 4.98 Å². The number of hydrogen-bond donors (Lipinski definition) is 0. The van der Waals surface area contributed by atoms with Gasteiger partial charge in [0.15, 0.2) is 0 Å². The standard InChI is InChI=1S/C40H34N2/c1-27-15-11-12-20-32(27)33-26-38-35(23-28(33)2)40(3,4)34-21-13-14-22-37(34)42(38)39-25-31(29-16-7-5-8-17-29)24-36(41-39)30-18-9-6-10-19-30/h5-26H,1-4H3. The Hall–Kier alpha value is -4.95. The number of fused-ring (bicyclic) bond motifs is 2. The van der Waals surface area contributed by atoms with E-state index in [1.165, 1.54) is 50.3 Å². The van der Waals surface area contributed by atoms with Crippen molar-refractivity contribution in [3.63, 3.8) is 0 Å². The van der Waals surface area contributed by atoms with Crippen LogP contribution in [0, 0.1) is 13.8 Å². The SMILES string of the molecule is Cc1ccccc1-c1cc2c(cc1C)C(C)(C)c1ccccc1N2c1cc(-c2ccccc2)cc(-c2ccccc2)n1. The molecule has 5 aromatic carbocycles. The van der Waals surface area contributed by atoms with Crippen LogP contribution < -0.4 is 4.90 Å². The van der Waals surface area contributed by atoms with Crippen LogP contribution in [0.2, 0.25) is 0 Å². The summed E-state index contributed by atoms with van der Waals surface area (Å²) in [4.78, 5) is 7.75. The molecule has 0 saturated carbocycles. The van der Waals surface area contributed by atoms with Gasteiger partial charge >= 0.3 is 0 Å². The van der Waals surface area contributed by atoms with Gasteiger partial charge in [-0.05, 0) is 82.6 Å². The van der Waals surface area contributed by atoms with E-state index in [0.29, 0.717) is 0 Å². The molecule has 204 valence electrons. The molecule has 2 heterocycles. The minimum Gasteiger partial charge on any atom is -0.294 e. The van der Waals surface area contributed by atoms with Crippen molar-refractivity contribution in [1.82, 2.24) is 4.98 Å². The predicted molar refractivity (Wildman–Crippen MR) is 177 cm³/mol. The Bertz CT molecular complexity index is 1860. The highest BCUT2D eigenvalue weighted by Gasteiger charge is 2.38. The summed E-state index contributed by atoms with van der Waals surface area (Å²) >= 11 is 0. The van der Waals surface area contributed by atoms with Gasteiger partial charge in [0.1, 0.15) is 5.82 Å². The van der Waals surface area contributed by atoms with Crippen LogP contribution in [0.15, 0.2) is 133 Å². The number of pyridine rings is 1. The third kappa shape index (κ3) is 4.31. The summed E-state index contributed by atoms with van der Waals surface area (Å²) in [6, 6.07) is 47.9. The summed E-state index contributed by atoms with van der Waals surface area (Å²) < 4.78 is 0. The smallest absolute Gasteiger partial charge is 0.138 e. The molecule has 1 aromatic heterocycles. The Labute approximate surface area is 249 Å². The van der Waals surface area contributed by atoms with Crippen molar-refractivity contribution in [2.24, 2.45) is 0 Å². The molecule has 1 aliphatic rings. The quantitative estimate of drug-likeness (QED) is 0.220. The fourth-order valence-electron chi connectivity index (χ4n) is 6.45. The van der Waals surface area contributed by atoms with Crippen LogP contribution >= 0.6 is 0 Å². The molecule has 0 amide bonds. The first-order valence-electron chi connectivity index (χ1n) is 14.7. The van der Waals surface area contributed by atoms with Crippen LogP contribution in [0.4, 0.5) is 17.2 Å². The second-order valence-corrected chi connectivity index (χ2v) is 11.8. The molecule has 0 atom stereocenters. The fraction of sp³-hybridized carbons (Fsp3) is 0.125. The van der Waals surface area contributed by atoms with Gasteiger partial charge in [-0.1, -0.05) is 123 Å². The summed E-state index contributed by atoms with van der Waals surface area (Å²) in [7, 11) is 0. The molecular formula is C40H34N2. The Morgan fingerprint density at radius 2 is 1.14 bits per heavy atom. The minimum absolute atomic E-state index is 0.170. The molecule has 0 fully saturated rings. The Morgan fingerprint density at radius 3 is 1.88 bits per heavy atom. The molecule has 7 rings (SSSR count). The monoisotopic (exact) mass is 542 g/mol. The average molecular weight is 543 g/mol. The van der Waals surface area contributed by atoms with Gasteiger partial charge in [-0.2, -0.15) is 0 Å². The van der Waals surface area contributed by atoms with E-state index >= 15 is 0 Å². The molecule has 0 saturated heterocycles. The first-order valence-corrected chi connectivity index (χ1v) is 14.7. The van der Waals surface area contributed by atoms with Gasteiger partial charge < -0.3 is 0 Å². The number of nitrogens with zero attached hydrogens (tertiary/aromatic N) is 2. The Balaban J connectivity index is 1.53. The van der Waals surface area contributed by atoms with Gasteiger partial charge in [0.05, 0.1) is 17.1 Å². The Morgan fingerprint density at radius 1 is 0.500 bits per heavy atom. The zero-order valence-corrected chi connectivity index (χ0v) is 24.6. The fourth-order valence-corrected chi connectivity index (χ4v) is 6.45. The van der Waals surface area contributed by atoms with Crippen molar-refractivity contribution < 1.29 is 0 Å². The summed E-state index contributed by atoms with van der Waals surface area (Å²) in [6.07, 6.45) is 0. The number of rotatable bonds is 4. The van der Waals surface area contributed by atoms with Crippen molar-refractivity contribution in [3.8, 4) is 33.5 Å². The third-order valence-corrected chi connectivity index (χ3v) is 8.73. The van der Waals surface area contributed by atoms with E-state index in [2.05, 4.69) is 166 Å². The Kier molecular flexibility index (Phi) is 6.28. The molecule has 0 radical (unpaired) electrons. The van der Waals surface area contributed by atoms with E-state index < -0.39 is 0 Å². The van der Waals surface area contributed by atoms with Crippen LogP contribution in [0.5, 0.6) is 0 Å². The lowest BCUT2D eigenvalue weighted by Crippen LogP contribution is -2.31. The molecule has 0 aliphatic carbocycles. The van der Waals surface area contributed by atoms with Crippen molar-refractivity contribution in [3.05, 3.63) is 156 Å². The number of benzene rings is 5. The van der Waals surface area contributed by atoms with Crippen LogP contribution in [0.3, 0.4) is 0 Å². The summed E-state index contributed by atoms with van der Waals surface area (Å²) in [5, 5.41) is 0. The second-order valence-electron chi connectivity index (χ2n) is 11.8. The van der Waals surface area contributed by atoms with Gasteiger partial charge in [0.25, 0.3) is 0 Å². The number of para-hydroxylation sites is 1. The molecule has 2 nitrogen and oxygen atoms in total. The molecule has 0 N–H and O–H groups in total. The van der Waals surface area contributed by atoms with E-state index in [1.807, 2.05) is 0 Å². The maximum atomic E-state index is 5.37. The van der Waals surface area contributed by atoms with E-state index in [0.717, 1.165) is 22.6 Å². The van der Waals surface area contributed by atoms with E-state index in [4.69, 9.17) is 4.98 Å². The largest absolute Gasteiger partial charge is 0.294 e. The first-order chi connectivity index (χ1) is 20.4. The van der Waals surface area contributed by atoms with Crippen LogP contribution in [0.1, 0.15) is 36.1 Å². The summed E-state index contributed by atoms with van der Waals surface area (Å²) in [6.45, 7) is 9.13. The third-order valence-electron chi connectivity index (χ3n) is 8.73. The maximum absolute atomic E-state index is 5.37. The van der Waals surface area contributed by atoms with Gasteiger partial charge in [-0.3, -0.25) is 4.90 Å². The highest BCUT2D eigenvalue weighted by atomic mass is 15.2. The lowest BCUT2D eigenvalue weighted by atomic mass is 9.72. The van der Waals surface area contributed by atoms with Gasteiger partial charge in [-0.15, -0.1) is 0 Å². The molecule has 1 aliphatic heterocycles. The number of hydrogen-bond acceptors (Lipinski definition) is 2. The molecule has 42 heavy (non-hydrogen) atoms. The highest BCUT2D eigenvalue weighted by molar-refractivity contribution is 5.90. The van der Waals surface area contributed by atoms with Crippen molar-refractivity contribution in [1.29, 1.82) is 0 Å². The second kappa shape index (κ2) is 10.2. The average Bonchev–Trinajstić information content (AvgIpc) is 3.02. The molecule has 0 unspecified atom stereocenters. The number of anilines is 3. The van der Waals surface area contributed by atoms with Gasteiger partial charge in [0, 0.05) is 11.0 Å². The van der Waals surface area contributed by atoms with E-state index in [-0.39, 0.29) is 5.41 Å². The number of aromatic nitrogens is 1. The molecule has 0 bridgehead atoms. The lowest BCUT2D eigenvalue weighted by Gasteiger charge is -2.42. The van der Waals surface area contributed by atoms with E-state index in [9.17, 15) is 0 Å². The summed E-state index contributed by atoms with van der Waals surface area (Å²) in [5.41, 5.74) is 14.3. The normalized spacial score (nSPS) is 13.4. The van der Waals surface area contributed by atoms with Crippen molar-refractivity contribution in [2.75, 3.05) is 4.90 Å². The predicted octanol–water partition coefficient (Wildman–Crippen LogP) is 10.8. The van der Waals surface area contributed by atoms with Gasteiger partial charge in [-0.25, -0.2) is 4.98 Å². The van der Waals surface area contributed by atoms with Crippen LogP contribution in [0.25, 0.3) is 33.5 Å². The molecule has 2 heteroatoms. The van der Waals surface area contributed by atoms with Crippen molar-refractivity contribution in [2.45, 2.75) is 33.1 Å². The minimum atomic E-state index is -0.170. The summed E-state index contributed by atoms with van der Waals surface area (Å²) in [5.74, 6) is 0.916. The van der Waals surface area contributed by atoms with Gasteiger partial charge in [0.2, 0.25) is 0 Å². The zero-order chi connectivity index (χ0) is 28.8. The molecular weight excluding hydrogens is 508 g/mol. The number of aryl methyl sites for hydroxylation is 2. The first kappa shape index (κ1) is 26.0. The topological polar surface area (TPSA) is 16.1 Å². The maximum Gasteiger partial charge on any atom is 0.138 e. The van der Waals surface area contributed by atoms with Crippen LogP contribution in [-0.2, 0) is 5.41 Å². The van der Waals surface area contributed by atoms with E-state index in [1.54, 1.807) is 0 Å². The highest BCUT2D eigenvalue weighted by Crippen LogP contribution is 2.53. The molecule has 6 aromatic rings. The lowest BCUT2D eigenvalue weighted by molar-refractivity contribution is 0.631. The molecule has 0 spiro atoms.